The third-order valence-electron chi connectivity index (χ3n) is 7.53. The van der Waals surface area contributed by atoms with E-state index in [1.807, 2.05) is 18.2 Å². The first-order valence-corrected chi connectivity index (χ1v) is 14.5. The molecule has 2 amide bonds. The Morgan fingerprint density at radius 3 is 2.28 bits per heavy atom. The molecule has 230 valence electrons. The highest BCUT2D eigenvalue weighted by Crippen LogP contribution is 2.19. The third-order valence-corrected chi connectivity index (χ3v) is 7.53. The number of fused-ring (bicyclic) bond motifs is 1. The summed E-state index contributed by atoms with van der Waals surface area (Å²) in [4.78, 5) is 43.3. The first-order chi connectivity index (χ1) is 20.6. The van der Waals surface area contributed by atoms with Gasteiger partial charge < -0.3 is 25.6 Å². The van der Waals surface area contributed by atoms with Gasteiger partial charge in [0.2, 0.25) is 11.6 Å². The number of hydrogen-bond donors (Lipinski definition) is 9. The Kier molecular flexibility index (Phi) is 10.7. The molecule has 0 aliphatic carbocycles. The molecule has 2 aliphatic heterocycles. The first kappa shape index (κ1) is 31.4. The number of ketones is 1. The lowest BCUT2D eigenvalue weighted by molar-refractivity contribution is -0.567. The minimum absolute atomic E-state index is 0.0842. The van der Waals surface area contributed by atoms with Crippen LogP contribution in [0.15, 0.2) is 54.6 Å². The van der Waals surface area contributed by atoms with Crippen molar-refractivity contribution in [2.75, 3.05) is 19.7 Å². The highest BCUT2D eigenvalue weighted by atomic mass is 16.5. The summed E-state index contributed by atoms with van der Waals surface area (Å²) < 4.78 is 5.39. The number of carbonyl (C=O) groups is 3. The average molecular weight is 596 g/mol. The quantitative estimate of drug-likeness (QED) is 0.0731. The van der Waals surface area contributed by atoms with E-state index in [1.54, 1.807) is 36.4 Å². The maximum atomic E-state index is 12.5. The predicted octanol–water partition coefficient (Wildman–Crippen LogP) is -3.05. The topological polar surface area (TPSA) is 217 Å². The van der Waals surface area contributed by atoms with Crippen LogP contribution in [0, 0.1) is 0 Å². The Hall–Kier alpha value is -4.49. The Bertz CT molecular complexity index is 1330. The maximum absolute atomic E-state index is 12.5. The monoisotopic (exact) mass is 595 g/mol. The largest absolute Gasteiger partial charge is 0.445 e. The van der Waals surface area contributed by atoms with Crippen LogP contribution in [0.5, 0.6) is 0 Å². The van der Waals surface area contributed by atoms with Gasteiger partial charge in [-0.3, -0.25) is 36.4 Å². The van der Waals surface area contributed by atoms with Gasteiger partial charge in [-0.15, -0.1) is 0 Å². The van der Waals surface area contributed by atoms with E-state index in [0.717, 1.165) is 12.8 Å². The second kappa shape index (κ2) is 14.6. The van der Waals surface area contributed by atoms with Crippen LogP contribution in [0.4, 0.5) is 4.79 Å². The number of amides is 2. The summed E-state index contributed by atoms with van der Waals surface area (Å²) in [6, 6.07) is 13.6. The van der Waals surface area contributed by atoms with Gasteiger partial charge in [0.25, 0.3) is 5.91 Å². The zero-order valence-corrected chi connectivity index (χ0v) is 24.0. The summed E-state index contributed by atoms with van der Waals surface area (Å²) in [5.74, 6) is -1.69. The fourth-order valence-corrected chi connectivity index (χ4v) is 5.20. The van der Waals surface area contributed by atoms with Gasteiger partial charge in [0.1, 0.15) is 6.61 Å². The second-order valence-corrected chi connectivity index (χ2v) is 10.8. The van der Waals surface area contributed by atoms with Crippen molar-refractivity contribution in [2.45, 2.75) is 62.4 Å². The molecule has 2 heterocycles. The third kappa shape index (κ3) is 8.75. The van der Waals surface area contributed by atoms with Gasteiger partial charge in [-0.1, -0.05) is 42.5 Å². The summed E-state index contributed by atoms with van der Waals surface area (Å²) >= 11 is 0. The van der Waals surface area contributed by atoms with Crippen LogP contribution in [-0.2, 0) is 4.74 Å². The zero-order chi connectivity index (χ0) is 30.8. The van der Waals surface area contributed by atoms with Crippen LogP contribution in [-0.4, -0.2) is 83.4 Å². The van der Waals surface area contributed by atoms with E-state index in [2.05, 4.69) is 25.9 Å². The summed E-state index contributed by atoms with van der Waals surface area (Å²) in [5, 5.41) is 29.7. The van der Waals surface area contributed by atoms with Crippen molar-refractivity contribution in [3.05, 3.63) is 71.3 Å². The highest BCUT2D eigenvalue weighted by molar-refractivity contribution is 6.09. The molecule has 0 fully saturated rings. The molecular weight excluding hydrogens is 554 g/mol. The van der Waals surface area contributed by atoms with Crippen molar-refractivity contribution in [3.8, 4) is 0 Å². The number of unbranched alkanes of at least 4 members (excludes halogenated alkanes) is 2. The molecule has 43 heavy (non-hydrogen) atoms. The van der Waals surface area contributed by atoms with Gasteiger partial charge in [0.05, 0.1) is 0 Å². The predicted molar refractivity (Wildman–Crippen MR) is 158 cm³/mol. The maximum Gasteiger partial charge on any atom is 0.407 e. The SMILES string of the molecule is NC1=[NH+]C(COC(=O)NCCCCCNC(=O)c2ccc(C(=O)c3ccccc3)cc2)C2NC(N)=[NH+]C2C(O)(O)CCC1. The highest BCUT2D eigenvalue weighted by Gasteiger charge is 2.51. The summed E-state index contributed by atoms with van der Waals surface area (Å²) in [5.41, 5.74) is 13.5. The number of guanidine groups is 1. The van der Waals surface area contributed by atoms with E-state index < -0.39 is 30.0 Å². The Morgan fingerprint density at radius 1 is 0.907 bits per heavy atom. The molecule has 3 atom stereocenters. The van der Waals surface area contributed by atoms with E-state index in [0.29, 0.717) is 54.9 Å². The normalized spacial score (nSPS) is 21.0. The lowest BCUT2D eigenvalue weighted by Crippen LogP contribution is -2.92. The Labute approximate surface area is 249 Å². The molecule has 0 saturated heterocycles. The second-order valence-electron chi connectivity index (χ2n) is 10.8. The van der Waals surface area contributed by atoms with Crippen molar-refractivity contribution >= 4 is 29.6 Å². The molecule has 3 unspecified atom stereocenters. The average Bonchev–Trinajstić information content (AvgIpc) is 3.41. The molecule has 0 aromatic heterocycles. The van der Waals surface area contributed by atoms with Crippen molar-refractivity contribution in [2.24, 2.45) is 11.5 Å². The molecule has 0 spiro atoms. The molecule has 13 nitrogen and oxygen atoms in total. The van der Waals surface area contributed by atoms with Gasteiger partial charge in [-0.2, -0.15) is 0 Å². The molecule has 4 rings (SSSR count). The standard InChI is InChI=1S/C30H39N7O6/c31-23-10-7-15-30(41,42)26-24(36-28(32)37-26)22(35-23)18-43-29(40)34-17-6-2-5-16-33-27(39)21-13-11-20(12-14-21)25(38)19-8-3-1-4-9-19/h1,3-4,8-9,11-14,22,24,26,41-42H,2,5-7,10,15-18H2,(H2,31,35)(H,33,39)(H,34,40)(H3,32,36,37)/p+2. The molecule has 2 aromatic rings. The van der Waals surface area contributed by atoms with E-state index in [4.69, 9.17) is 16.2 Å². The van der Waals surface area contributed by atoms with Gasteiger partial charge in [-0.05, 0) is 37.8 Å². The fraction of sp³-hybridized carbons (Fsp3) is 0.433. The number of alkyl carbamates (subject to hydrolysis) is 1. The minimum Gasteiger partial charge on any atom is -0.445 e. The molecule has 2 aromatic carbocycles. The van der Waals surface area contributed by atoms with Crippen LogP contribution in [0.2, 0.25) is 0 Å². The lowest BCUT2D eigenvalue weighted by atomic mass is 9.92. The van der Waals surface area contributed by atoms with Crippen LogP contribution in [0.1, 0.15) is 64.8 Å². The van der Waals surface area contributed by atoms with E-state index in [-0.39, 0.29) is 30.7 Å². The molecular formula is C30H41N7O6+2. The molecule has 2 aliphatic rings. The molecule has 0 saturated carbocycles. The van der Waals surface area contributed by atoms with Gasteiger partial charge in [0.15, 0.2) is 23.9 Å². The number of aliphatic hydroxyl groups is 2. The Balaban J connectivity index is 1.13. The van der Waals surface area contributed by atoms with Crippen molar-refractivity contribution in [1.82, 2.24) is 16.0 Å². The van der Waals surface area contributed by atoms with E-state index >= 15 is 0 Å². The number of ether oxygens (including phenoxy) is 1. The minimum atomic E-state index is -2.03. The zero-order valence-electron chi connectivity index (χ0n) is 24.0. The molecule has 13 heteroatoms. The molecule has 0 bridgehead atoms. The number of carbonyl (C=O) groups excluding carboxylic acids is 3. The summed E-state index contributed by atoms with van der Waals surface area (Å²) in [6.07, 6.45) is 2.55. The van der Waals surface area contributed by atoms with Crippen molar-refractivity contribution < 1.29 is 39.3 Å². The smallest absolute Gasteiger partial charge is 0.407 e. The number of nitrogens with one attached hydrogen (secondary N) is 5. The van der Waals surface area contributed by atoms with Crippen LogP contribution < -0.4 is 37.4 Å². The number of rotatable bonds is 11. The van der Waals surface area contributed by atoms with Gasteiger partial charge in [-0.25, -0.2) is 4.79 Å². The first-order valence-electron chi connectivity index (χ1n) is 14.5. The van der Waals surface area contributed by atoms with Crippen molar-refractivity contribution in [3.63, 3.8) is 0 Å². The van der Waals surface area contributed by atoms with Gasteiger partial charge in [0, 0.05) is 42.6 Å². The number of nitrogens with two attached hydrogens (primary N) is 2. The van der Waals surface area contributed by atoms with Crippen LogP contribution in [0.25, 0.3) is 0 Å². The number of hydrogen-bond acceptors (Lipinski definition) is 9. The Morgan fingerprint density at radius 2 is 1.56 bits per heavy atom. The van der Waals surface area contributed by atoms with E-state index in [9.17, 15) is 24.6 Å². The molecule has 0 radical (unpaired) electrons. The van der Waals surface area contributed by atoms with Crippen LogP contribution >= 0.6 is 0 Å². The molecule has 11 N–H and O–H groups in total. The lowest BCUT2D eigenvalue weighted by Gasteiger charge is -2.29. The summed E-state index contributed by atoms with van der Waals surface area (Å²) in [7, 11) is 0. The summed E-state index contributed by atoms with van der Waals surface area (Å²) in [6.45, 7) is 0.776. The fourth-order valence-electron chi connectivity index (χ4n) is 5.20. The number of amidine groups is 1. The van der Waals surface area contributed by atoms with Crippen LogP contribution in [0.3, 0.4) is 0 Å². The van der Waals surface area contributed by atoms with E-state index in [1.165, 1.54) is 0 Å². The number of benzene rings is 2. The van der Waals surface area contributed by atoms with Gasteiger partial charge >= 0.3 is 12.1 Å². The van der Waals surface area contributed by atoms with Crippen molar-refractivity contribution in [1.29, 1.82) is 0 Å².